The lowest BCUT2D eigenvalue weighted by Crippen LogP contribution is -2.50. The number of aryl methyl sites for hydroxylation is 2. The lowest BCUT2D eigenvalue weighted by atomic mass is 10.1. The van der Waals surface area contributed by atoms with Crippen LogP contribution in [0, 0.1) is 13.8 Å². The van der Waals surface area contributed by atoms with E-state index >= 15 is 0 Å². The number of aromatic nitrogens is 2. The van der Waals surface area contributed by atoms with Crippen molar-refractivity contribution < 1.29 is 17.7 Å². The van der Waals surface area contributed by atoms with E-state index in [9.17, 15) is 13.2 Å². The molecule has 31 heavy (non-hydrogen) atoms. The fourth-order valence-corrected chi connectivity index (χ4v) is 5.07. The van der Waals surface area contributed by atoms with Crippen molar-refractivity contribution in [3.63, 3.8) is 0 Å². The van der Waals surface area contributed by atoms with Crippen LogP contribution in [0.25, 0.3) is 11.4 Å². The molecule has 0 saturated carbocycles. The standard InChI is InChI=1S/C21H21ClN4O4S/c1-14-3-8-18(13-19(14)22)31(28,29)26-11-9-25(10-12-26)21(27)17-6-4-16(5-7-17)20-23-15(2)30-24-20/h3-8,13H,9-12H2,1-2H3. The maximum atomic E-state index is 12.9. The van der Waals surface area contributed by atoms with Crippen LogP contribution in [0.4, 0.5) is 0 Å². The van der Waals surface area contributed by atoms with Crippen LogP contribution < -0.4 is 0 Å². The molecule has 0 spiro atoms. The van der Waals surface area contributed by atoms with Gasteiger partial charge in [0.15, 0.2) is 0 Å². The zero-order valence-electron chi connectivity index (χ0n) is 17.1. The second kappa shape index (κ2) is 8.41. The number of piperazine rings is 1. The summed E-state index contributed by atoms with van der Waals surface area (Å²) in [7, 11) is -3.66. The van der Waals surface area contributed by atoms with E-state index in [2.05, 4.69) is 10.1 Å². The third-order valence-corrected chi connectivity index (χ3v) is 7.53. The van der Waals surface area contributed by atoms with E-state index in [1.54, 1.807) is 48.2 Å². The number of carbonyl (C=O) groups is 1. The monoisotopic (exact) mass is 460 g/mol. The predicted molar refractivity (Wildman–Crippen MR) is 115 cm³/mol. The van der Waals surface area contributed by atoms with Crippen molar-refractivity contribution in [2.45, 2.75) is 18.7 Å². The molecule has 2 heterocycles. The average Bonchev–Trinajstić information content (AvgIpc) is 3.21. The van der Waals surface area contributed by atoms with Gasteiger partial charge < -0.3 is 9.42 Å². The van der Waals surface area contributed by atoms with Gasteiger partial charge in [-0.15, -0.1) is 0 Å². The Hall–Kier alpha value is -2.75. The van der Waals surface area contributed by atoms with Gasteiger partial charge in [0.05, 0.1) is 4.90 Å². The maximum absolute atomic E-state index is 12.9. The summed E-state index contributed by atoms with van der Waals surface area (Å²) in [6.07, 6.45) is 0. The summed E-state index contributed by atoms with van der Waals surface area (Å²) in [5.41, 5.74) is 2.09. The van der Waals surface area contributed by atoms with Crippen LogP contribution in [0.15, 0.2) is 51.9 Å². The number of benzene rings is 2. The molecule has 0 atom stereocenters. The Labute approximate surface area is 185 Å². The number of nitrogens with zero attached hydrogens (tertiary/aromatic N) is 4. The smallest absolute Gasteiger partial charge is 0.253 e. The molecular formula is C21H21ClN4O4S. The van der Waals surface area contributed by atoms with Crippen molar-refractivity contribution in [1.29, 1.82) is 0 Å². The van der Waals surface area contributed by atoms with Crippen LogP contribution >= 0.6 is 11.6 Å². The normalized spacial score (nSPS) is 15.3. The number of carbonyl (C=O) groups excluding carboxylic acids is 1. The molecule has 10 heteroatoms. The van der Waals surface area contributed by atoms with Crippen LogP contribution in [0.5, 0.6) is 0 Å². The molecule has 8 nitrogen and oxygen atoms in total. The lowest BCUT2D eigenvalue weighted by Gasteiger charge is -2.34. The number of amides is 1. The predicted octanol–water partition coefficient (Wildman–Crippen LogP) is 3.15. The van der Waals surface area contributed by atoms with Gasteiger partial charge in [-0.1, -0.05) is 35.0 Å². The minimum Gasteiger partial charge on any atom is -0.339 e. The number of hydrogen-bond acceptors (Lipinski definition) is 6. The van der Waals surface area contributed by atoms with Crippen molar-refractivity contribution in [2.24, 2.45) is 0 Å². The van der Waals surface area contributed by atoms with E-state index in [0.29, 0.717) is 35.4 Å². The Morgan fingerprint density at radius 2 is 1.71 bits per heavy atom. The minimum atomic E-state index is -3.66. The summed E-state index contributed by atoms with van der Waals surface area (Å²) in [4.78, 5) is 18.8. The largest absolute Gasteiger partial charge is 0.339 e. The van der Waals surface area contributed by atoms with Crippen molar-refractivity contribution in [2.75, 3.05) is 26.2 Å². The van der Waals surface area contributed by atoms with Gasteiger partial charge in [0, 0.05) is 49.3 Å². The zero-order chi connectivity index (χ0) is 22.2. The van der Waals surface area contributed by atoms with E-state index in [1.165, 1.54) is 10.4 Å². The second-order valence-electron chi connectivity index (χ2n) is 7.32. The van der Waals surface area contributed by atoms with Crippen LogP contribution in [-0.4, -0.2) is 59.8 Å². The van der Waals surface area contributed by atoms with E-state index in [1.807, 2.05) is 6.92 Å². The Morgan fingerprint density at radius 3 is 2.29 bits per heavy atom. The Bertz CT molecular complexity index is 1220. The molecule has 1 aromatic heterocycles. The molecular weight excluding hydrogens is 440 g/mol. The number of hydrogen-bond donors (Lipinski definition) is 0. The highest BCUT2D eigenvalue weighted by Crippen LogP contribution is 2.24. The van der Waals surface area contributed by atoms with Gasteiger partial charge in [0.25, 0.3) is 5.91 Å². The van der Waals surface area contributed by atoms with Gasteiger partial charge in [0.2, 0.25) is 21.7 Å². The number of halogens is 1. The highest BCUT2D eigenvalue weighted by atomic mass is 35.5. The zero-order valence-corrected chi connectivity index (χ0v) is 18.7. The van der Waals surface area contributed by atoms with Crippen molar-refractivity contribution in [3.05, 3.63) is 64.5 Å². The molecule has 1 amide bonds. The SMILES string of the molecule is Cc1nc(-c2ccc(C(=O)N3CCN(S(=O)(=O)c4ccc(C)c(Cl)c4)CC3)cc2)no1. The van der Waals surface area contributed by atoms with Crippen LogP contribution in [-0.2, 0) is 10.0 Å². The summed E-state index contributed by atoms with van der Waals surface area (Å²) in [5.74, 6) is 0.786. The fraction of sp³-hybridized carbons (Fsp3) is 0.286. The van der Waals surface area contributed by atoms with Gasteiger partial charge in [-0.05, 0) is 36.8 Å². The first-order chi connectivity index (χ1) is 14.8. The molecule has 1 aliphatic heterocycles. The molecule has 4 rings (SSSR count). The van der Waals surface area contributed by atoms with Gasteiger partial charge in [0.1, 0.15) is 0 Å². The summed E-state index contributed by atoms with van der Waals surface area (Å²) in [6, 6.07) is 11.7. The molecule has 3 aromatic rings. The van der Waals surface area contributed by atoms with Gasteiger partial charge in [-0.3, -0.25) is 4.79 Å². The molecule has 0 aliphatic carbocycles. The molecule has 0 N–H and O–H groups in total. The molecule has 0 bridgehead atoms. The fourth-order valence-electron chi connectivity index (χ4n) is 3.38. The Kier molecular flexibility index (Phi) is 5.83. The second-order valence-corrected chi connectivity index (χ2v) is 9.67. The Morgan fingerprint density at radius 1 is 1.03 bits per heavy atom. The van der Waals surface area contributed by atoms with E-state index < -0.39 is 10.0 Å². The van der Waals surface area contributed by atoms with Crippen molar-refractivity contribution in [3.8, 4) is 11.4 Å². The third kappa shape index (κ3) is 4.34. The van der Waals surface area contributed by atoms with Gasteiger partial charge in [-0.25, -0.2) is 8.42 Å². The van der Waals surface area contributed by atoms with Crippen LogP contribution in [0.1, 0.15) is 21.8 Å². The summed E-state index contributed by atoms with van der Waals surface area (Å²) >= 11 is 6.09. The van der Waals surface area contributed by atoms with E-state index in [0.717, 1.165) is 11.1 Å². The lowest BCUT2D eigenvalue weighted by molar-refractivity contribution is 0.0698. The van der Waals surface area contributed by atoms with E-state index in [4.69, 9.17) is 16.1 Å². The van der Waals surface area contributed by atoms with Gasteiger partial charge in [-0.2, -0.15) is 9.29 Å². The molecule has 1 aliphatic rings. The van der Waals surface area contributed by atoms with Gasteiger partial charge >= 0.3 is 0 Å². The minimum absolute atomic E-state index is 0.147. The molecule has 2 aromatic carbocycles. The van der Waals surface area contributed by atoms with Crippen molar-refractivity contribution in [1.82, 2.24) is 19.3 Å². The first-order valence-electron chi connectivity index (χ1n) is 9.72. The van der Waals surface area contributed by atoms with Crippen LogP contribution in [0.3, 0.4) is 0 Å². The van der Waals surface area contributed by atoms with E-state index in [-0.39, 0.29) is 23.9 Å². The first-order valence-corrected chi connectivity index (χ1v) is 11.5. The molecule has 162 valence electrons. The third-order valence-electron chi connectivity index (χ3n) is 5.22. The first kappa shape index (κ1) is 21.5. The molecule has 1 saturated heterocycles. The number of rotatable bonds is 4. The summed E-state index contributed by atoms with van der Waals surface area (Å²) in [6.45, 7) is 4.59. The maximum Gasteiger partial charge on any atom is 0.253 e. The average molecular weight is 461 g/mol. The quantitative estimate of drug-likeness (QED) is 0.593. The number of sulfonamides is 1. The molecule has 1 fully saturated rings. The highest BCUT2D eigenvalue weighted by molar-refractivity contribution is 7.89. The summed E-state index contributed by atoms with van der Waals surface area (Å²) < 4.78 is 32.2. The topological polar surface area (TPSA) is 96.6 Å². The summed E-state index contributed by atoms with van der Waals surface area (Å²) in [5, 5.41) is 4.28. The van der Waals surface area contributed by atoms with Crippen molar-refractivity contribution >= 4 is 27.5 Å². The Balaban J connectivity index is 1.42. The van der Waals surface area contributed by atoms with Crippen LogP contribution in [0.2, 0.25) is 5.02 Å². The molecule has 0 unspecified atom stereocenters. The highest BCUT2D eigenvalue weighted by Gasteiger charge is 2.30. The molecule has 0 radical (unpaired) electrons.